The van der Waals surface area contributed by atoms with Crippen molar-refractivity contribution in [3.63, 3.8) is 0 Å². The first-order valence-corrected chi connectivity index (χ1v) is 14.4. The van der Waals surface area contributed by atoms with Crippen molar-refractivity contribution in [2.45, 2.75) is 51.2 Å². The molecule has 4 amide bonds. The quantitative estimate of drug-likeness (QED) is 0.175. The summed E-state index contributed by atoms with van der Waals surface area (Å²) in [5.74, 6) is -2.52. The van der Waals surface area contributed by atoms with Crippen LogP contribution in [0.4, 0.5) is 4.79 Å². The van der Waals surface area contributed by atoms with Crippen molar-refractivity contribution in [3.05, 3.63) is 59.7 Å². The fourth-order valence-corrected chi connectivity index (χ4v) is 5.00. The van der Waals surface area contributed by atoms with Gasteiger partial charge in [0, 0.05) is 11.7 Å². The monoisotopic (exact) mass is 598 g/mol. The Kier molecular flexibility index (Phi) is 11.8. The summed E-state index contributed by atoms with van der Waals surface area (Å²) < 4.78 is 10.2. The Labute approximate surface area is 250 Å². The van der Waals surface area contributed by atoms with Crippen molar-refractivity contribution in [3.8, 4) is 11.1 Å². The summed E-state index contributed by atoms with van der Waals surface area (Å²) in [5, 5.41) is 9.95. The summed E-state index contributed by atoms with van der Waals surface area (Å²) in [6.45, 7) is 4.90. The number of alkyl carbamates (subject to hydrolysis) is 1. The van der Waals surface area contributed by atoms with Crippen molar-refractivity contribution in [2.75, 3.05) is 26.0 Å². The van der Waals surface area contributed by atoms with Crippen molar-refractivity contribution in [1.29, 1.82) is 0 Å². The van der Waals surface area contributed by atoms with Gasteiger partial charge in [-0.25, -0.2) is 9.59 Å². The van der Waals surface area contributed by atoms with E-state index in [0.29, 0.717) is 6.42 Å². The van der Waals surface area contributed by atoms with Crippen molar-refractivity contribution < 1.29 is 33.4 Å². The molecule has 0 spiro atoms. The maximum absolute atomic E-state index is 12.7. The molecule has 3 rings (SSSR count). The van der Waals surface area contributed by atoms with E-state index >= 15 is 0 Å². The lowest BCUT2D eigenvalue weighted by Crippen LogP contribution is -2.55. The van der Waals surface area contributed by atoms with Gasteiger partial charge in [-0.15, -0.1) is 0 Å². The molecule has 1 aliphatic rings. The molecular weight excluding hydrogens is 560 g/mol. The van der Waals surface area contributed by atoms with Gasteiger partial charge in [-0.2, -0.15) is 12.6 Å². The van der Waals surface area contributed by atoms with Crippen LogP contribution in [0.3, 0.4) is 0 Å². The Morgan fingerprint density at radius 2 is 1.43 bits per heavy atom. The molecule has 0 aliphatic heterocycles. The number of esters is 1. The van der Waals surface area contributed by atoms with Crippen LogP contribution in [0.15, 0.2) is 48.5 Å². The van der Waals surface area contributed by atoms with Crippen LogP contribution >= 0.6 is 12.6 Å². The molecule has 0 saturated carbocycles. The average Bonchev–Trinajstić information content (AvgIpc) is 3.29. The van der Waals surface area contributed by atoms with Crippen molar-refractivity contribution in [2.24, 2.45) is 5.92 Å². The molecule has 1 aliphatic carbocycles. The first-order valence-electron chi connectivity index (χ1n) is 13.7. The van der Waals surface area contributed by atoms with Gasteiger partial charge in [0.15, 0.2) is 0 Å². The number of thiol groups is 1. The minimum atomic E-state index is -1.05. The molecule has 11 nitrogen and oxygen atoms in total. The van der Waals surface area contributed by atoms with E-state index in [0.717, 1.165) is 22.3 Å². The zero-order valence-electron chi connectivity index (χ0n) is 24.1. The van der Waals surface area contributed by atoms with Gasteiger partial charge >= 0.3 is 12.1 Å². The van der Waals surface area contributed by atoms with Gasteiger partial charge in [-0.05, 0) is 41.5 Å². The molecule has 0 saturated heterocycles. The normalized spacial score (nSPS) is 14.0. The molecule has 2 aromatic carbocycles. The SMILES string of the molecule is COC(=O)[C@H](CC(C)C)NC(=O)C(CS)NC(=O)CNC(=O)[C@H](C)NC(=O)OCC1c2ccccc2-c2ccccc21. The molecule has 3 atom stereocenters. The van der Waals surface area contributed by atoms with Crippen LogP contribution in [0.1, 0.15) is 44.2 Å². The molecular formula is C30H38N4O7S. The molecule has 4 N–H and O–H groups in total. The van der Waals surface area contributed by atoms with E-state index in [2.05, 4.69) is 33.9 Å². The smallest absolute Gasteiger partial charge is 0.407 e. The number of fused-ring (bicyclic) bond motifs is 3. The van der Waals surface area contributed by atoms with Crippen LogP contribution in [0.5, 0.6) is 0 Å². The molecule has 0 aromatic heterocycles. The second-order valence-electron chi connectivity index (χ2n) is 10.4. The molecule has 0 bridgehead atoms. The summed E-state index contributed by atoms with van der Waals surface area (Å²) in [6, 6.07) is 13.0. The lowest BCUT2D eigenvalue weighted by atomic mass is 9.98. The number of hydrogen-bond donors (Lipinski definition) is 5. The number of amides is 4. The molecule has 0 heterocycles. The standard InChI is InChI=1S/C30H38N4O7S/c1-17(2)13-24(29(38)40-4)34-28(37)25(16-42)33-26(35)14-31-27(36)18(3)32-30(39)41-15-23-21-11-7-5-9-19(21)20-10-6-8-12-22(20)23/h5-12,17-18,23-25,42H,13-16H2,1-4H3,(H,31,36)(H,32,39)(H,33,35)(H,34,37)/t18-,24-,25?/m0/s1. The van der Waals surface area contributed by atoms with Gasteiger partial charge < -0.3 is 30.7 Å². The highest BCUT2D eigenvalue weighted by Gasteiger charge is 2.30. The van der Waals surface area contributed by atoms with Crippen LogP contribution < -0.4 is 21.3 Å². The predicted molar refractivity (Wildman–Crippen MR) is 160 cm³/mol. The van der Waals surface area contributed by atoms with Crippen LogP contribution in [0.25, 0.3) is 11.1 Å². The van der Waals surface area contributed by atoms with Gasteiger partial charge in [0.1, 0.15) is 24.7 Å². The Hall–Kier alpha value is -4.06. The third-order valence-corrected chi connectivity index (χ3v) is 7.20. The number of hydrogen-bond acceptors (Lipinski definition) is 8. The molecule has 0 radical (unpaired) electrons. The third kappa shape index (κ3) is 8.48. The zero-order valence-corrected chi connectivity index (χ0v) is 25.0. The summed E-state index contributed by atoms with van der Waals surface area (Å²) in [6.07, 6.45) is -0.409. The number of methoxy groups -OCH3 is 1. The molecule has 226 valence electrons. The molecule has 1 unspecified atom stereocenters. The van der Waals surface area contributed by atoms with E-state index in [1.807, 2.05) is 62.4 Å². The third-order valence-electron chi connectivity index (χ3n) is 6.84. The highest BCUT2D eigenvalue weighted by Crippen LogP contribution is 2.44. The molecule has 12 heteroatoms. The number of carbonyl (C=O) groups excluding carboxylic acids is 5. The number of benzene rings is 2. The summed E-state index contributed by atoms with van der Waals surface area (Å²) >= 11 is 4.12. The zero-order chi connectivity index (χ0) is 30.8. The van der Waals surface area contributed by atoms with Crippen LogP contribution in [-0.2, 0) is 28.7 Å². The number of ether oxygens (including phenoxy) is 2. The van der Waals surface area contributed by atoms with E-state index in [9.17, 15) is 24.0 Å². The summed E-state index contributed by atoms with van der Waals surface area (Å²) in [4.78, 5) is 62.1. The van der Waals surface area contributed by atoms with Crippen molar-refractivity contribution >= 4 is 42.4 Å². The first kappa shape index (κ1) is 32.5. The van der Waals surface area contributed by atoms with Crippen LogP contribution in [-0.4, -0.2) is 73.9 Å². The van der Waals surface area contributed by atoms with E-state index in [-0.39, 0.29) is 24.2 Å². The maximum atomic E-state index is 12.7. The molecule has 2 aromatic rings. The van der Waals surface area contributed by atoms with Crippen LogP contribution in [0.2, 0.25) is 0 Å². The van der Waals surface area contributed by atoms with Gasteiger partial charge in [0.25, 0.3) is 0 Å². The topological polar surface area (TPSA) is 152 Å². The Morgan fingerprint density at radius 3 is 1.98 bits per heavy atom. The number of rotatable bonds is 13. The highest BCUT2D eigenvalue weighted by atomic mass is 32.1. The predicted octanol–water partition coefficient (Wildman–Crippen LogP) is 2.15. The molecule has 42 heavy (non-hydrogen) atoms. The lowest BCUT2D eigenvalue weighted by molar-refractivity contribution is -0.145. The summed E-state index contributed by atoms with van der Waals surface area (Å²) in [7, 11) is 1.23. The van der Waals surface area contributed by atoms with Gasteiger partial charge in [-0.1, -0.05) is 62.4 Å². The fraction of sp³-hybridized carbons (Fsp3) is 0.433. The second-order valence-corrected chi connectivity index (χ2v) is 10.8. The van der Waals surface area contributed by atoms with Gasteiger partial charge in [-0.3, -0.25) is 14.4 Å². The van der Waals surface area contributed by atoms with Crippen molar-refractivity contribution in [1.82, 2.24) is 21.3 Å². The second kappa shape index (κ2) is 15.2. The Bertz CT molecular complexity index is 1260. The van der Waals surface area contributed by atoms with E-state index < -0.39 is 54.5 Å². The molecule has 0 fully saturated rings. The Balaban J connectivity index is 1.45. The van der Waals surface area contributed by atoms with Gasteiger partial charge in [0.2, 0.25) is 17.7 Å². The lowest BCUT2D eigenvalue weighted by Gasteiger charge is -2.22. The van der Waals surface area contributed by atoms with E-state index in [1.54, 1.807) is 0 Å². The highest BCUT2D eigenvalue weighted by molar-refractivity contribution is 7.80. The van der Waals surface area contributed by atoms with E-state index in [1.165, 1.54) is 14.0 Å². The summed E-state index contributed by atoms with van der Waals surface area (Å²) in [5.41, 5.74) is 4.34. The van der Waals surface area contributed by atoms with Gasteiger partial charge in [0.05, 0.1) is 13.7 Å². The average molecular weight is 599 g/mol. The van der Waals surface area contributed by atoms with E-state index in [4.69, 9.17) is 9.47 Å². The van der Waals surface area contributed by atoms with Crippen LogP contribution in [0, 0.1) is 5.92 Å². The maximum Gasteiger partial charge on any atom is 0.407 e. The Morgan fingerprint density at radius 1 is 0.833 bits per heavy atom. The first-order chi connectivity index (χ1) is 20.0. The minimum Gasteiger partial charge on any atom is -0.467 e. The number of carbonyl (C=O) groups is 5. The minimum absolute atomic E-state index is 0.0408. The number of nitrogens with one attached hydrogen (secondary N) is 4. The largest absolute Gasteiger partial charge is 0.467 e. The fourth-order valence-electron chi connectivity index (χ4n) is 4.74.